The Kier molecular flexibility index (Phi) is 6.38. The Hall–Kier alpha value is -2.29. The van der Waals surface area contributed by atoms with Crippen LogP contribution in [-0.4, -0.2) is 35.8 Å². The molecule has 4 rings (SSSR count). The van der Waals surface area contributed by atoms with Gasteiger partial charge in [-0.05, 0) is 82.0 Å². The first-order valence-corrected chi connectivity index (χ1v) is 13.3. The average Bonchev–Trinajstić information content (AvgIpc) is 3.14. The molecule has 1 aliphatic heterocycles. The molecule has 1 saturated heterocycles. The molecular weight excluding hydrogens is 442 g/mol. The van der Waals surface area contributed by atoms with E-state index in [1.807, 2.05) is 13.8 Å². The topological polar surface area (TPSA) is 71.7 Å². The van der Waals surface area contributed by atoms with E-state index in [4.69, 9.17) is 0 Å². The largest absolute Gasteiger partial charge is 0.316 e. The molecule has 1 amide bonds. The Labute approximate surface area is 193 Å². The number of rotatable bonds is 4. The summed E-state index contributed by atoms with van der Waals surface area (Å²) < 4.78 is 30.8. The number of amides is 1. The van der Waals surface area contributed by atoms with Crippen LogP contribution in [0.3, 0.4) is 0 Å². The minimum Gasteiger partial charge on any atom is -0.316 e. The molecule has 32 heavy (non-hydrogen) atoms. The van der Waals surface area contributed by atoms with Crippen molar-refractivity contribution in [1.29, 1.82) is 0 Å². The Bertz CT molecular complexity index is 1340. The van der Waals surface area contributed by atoms with Crippen molar-refractivity contribution in [2.24, 2.45) is 4.99 Å². The van der Waals surface area contributed by atoms with E-state index in [-0.39, 0.29) is 16.8 Å². The summed E-state index contributed by atoms with van der Waals surface area (Å²) in [5.41, 5.74) is 3.89. The number of carbonyl (C=O) groups excluding carboxylic acids is 1. The molecule has 1 atom stereocenters. The van der Waals surface area contributed by atoms with Crippen LogP contribution < -0.4 is 4.80 Å². The number of sulfonamides is 1. The van der Waals surface area contributed by atoms with Crippen LogP contribution >= 0.6 is 11.3 Å². The molecule has 0 N–H and O–H groups in total. The van der Waals surface area contributed by atoms with Gasteiger partial charge in [-0.25, -0.2) is 8.42 Å². The number of hydrogen-bond donors (Lipinski definition) is 0. The molecule has 2 heterocycles. The number of piperidine rings is 1. The Balaban J connectivity index is 1.67. The lowest BCUT2D eigenvalue weighted by molar-refractivity contribution is 0.0997. The maximum absolute atomic E-state index is 13.0. The predicted molar refractivity (Wildman–Crippen MR) is 129 cm³/mol. The monoisotopic (exact) mass is 471 g/mol. The Morgan fingerprint density at radius 3 is 2.50 bits per heavy atom. The lowest BCUT2D eigenvalue weighted by atomic mass is 10.1. The van der Waals surface area contributed by atoms with Crippen LogP contribution in [0.25, 0.3) is 10.2 Å². The summed E-state index contributed by atoms with van der Waals surface area (Å²) in [6, 6.07) is 10.3. The first-order valence-electron chi connectivity index (χ1n) is 11.0. The summed E-state index contributed by atoms with van der Waals surface area (Å²) >= 11 is 1.49. The second kappa shape index (κ2) is 8.92. The third-order valence-corrected chi connectivity index (χ3v) is 9.40. The smallest absolute Gasteiger partial charge is 0.279 e. The van der Waals surface area contributed by atoms with Crippen LogP contribution in [-0.2, 0) is 16.6 Å². The van der Waals surface area contributed by atoms with Gasteiger partial charge in [-0.3, -0.25) is 4.79 Å². The molecule has 8 heteroatoms. The normalized spacial score (nSPS) is 18.4. The summed E-state index contributed by atoms with van der Waals surface area (Å²) in [4.78, 5) is 18.2. The zero-order valence-corrected chi connectivity index (χ0v) is 20.6. The SMILES string of the molecule is CCn1c(=NC(=O)c2ccc(S(=O)(=O)N3CCCCC3C)cc2)sc2ccc(C)c(C)c21. The number of thiazole rings is 1. The molecule has 0 aliphatic carbocycles. The quantitative estimate of drug-likeness (QED) is 0.556. The van der Waals surface area contributed by atoms with Crippen LogP contribution in [0, 0.1) is 13.8 Å². The minimum absolute atomic E-state index is 0.00500. The van der Waals surface area contributed by atoms with Gasteiger partial charge in [0.25, 0.3) is 5.91 Å². The highest BCUT2D eigenvalue weighted by Gasteiger charge is 2.30. The molecule has 0 saturated carbocycles. The van der Waals surface area contributed by atoms with Crippen LogP contribution in [0.1, 0.15) is 54.6 Å². The lowest BCUT2D eigenvalue weighted by Gasteiger charge is -2.32. The second-order valence-electron chi connectivity index (χ2n) is 8.38. The molecule has 1 aliphatic rings. The Morgan fingerprint density at radius 1 is 1.12 bits per heavy atom. The molecule has 6 nitrogen and oxygen atoms in total. The summed E-state index contributed by atoms with van der Waals surface area (Å²) in [5, 5.41) is 0. The molecular formula is C24H29N3O3S2. The van der Waals surface area contributed by atoms with E-state index in [9.17, 15) is 13.2 Å². The van der Waals surface area contributed by atoms with Crippen molar-refractivity contribution in [2.45, 2.75) is 64.4 Å². The second-order valence-corrected chi connectivity index (χ2v) is 11.3. The maximum Gasteiger partial charge on any atom is 0.279 e. The van der Waals surface area contributed by atoms with Gasteiger partial charge >= 0.3 is 0 Å². The highest BCUT2D eigenvalue weighted by molar-refractivity contribution is 7.89. The first kappa shape index (κ1) is 22.9. The molecule has 1 fully saturated rings. The van der Waals surface area contributed by atoms with Crippen molar-refractivity contribution in [1.82, 2.24) is 8.87 Å². The summed E-state index contributed by atoms with van der Waals surface area (Å²) in [6.07, 6.45) is 2.81. The number of benzene rings is 2. The van der Waals surface area contributed by atoms with Gasteiger partial charge in [0.05, 0.1) is 15.1 Å². The highest BCUT2D eigenvalue weighted by Crippen LogP contribution is 2.26. The van der Waals surface area contributed by atoms with Gasteiger partial charge in [0.15, 0.2) is 4.80 Å². The fraction of sp³-hybridized carbons (Fsp3) is 0.417. The third-order valence-electron chi connectivity index (χ3n) is 6.33. The van der Waals surface area contributed by atoms with E-state index in [0.717, 1.165) is 29.5 Å². The molecule has 1 unspecified atom stereocenters. The van der Waals surface area contributed by atoms with E-state index in [1.165, 1.54) is 34.6 Å². The van der Waals surface area contributed by atoms with Crippen molar-refractivity contribution in [3.05, 3.63) is 57.9 Å². The number of carbonyl (C=O) groups is 1. The Morgan fingerprint density at radius 2 is 1.84 bits per heavy atom. The molecule has 3 aromatic rings. The fourth-order valence-corrected chi connectivity index (χ4v) is 7.16. The van der Waals surface area contributed by atoms with E-state index in [1.54, 1.807) is 16.4 Å². The average molecular weight is 472 g/mol. The van der Waals surface area contributed by atoms with Crippen LogP contribution in [0.2, 0.25) is 0 Å². The van der Waals surface area contributed by atoms with Crippen molar-refractivity contribution in [3.63, 3.8) is 0 Å². The maximum atomic E-state index is 13.0. The van der Waals surface area contributed by atoms with E-state index < -0.39 is 10.0 Å². The van der Waals surface area contributed by atoms with Gasteiger partial charge in [0.2, 0.25) is 10.0 Å². The minimum atomic E-state index is -3.56. The molecule has 170 valence electrons. The van der Waals surface area contributed by atoms with Gasteiger partial charge in [-0.15, -0.1) is 0 Å². The molecule has 0 bridgehead atoms. The standard InChI is InChI=1S/C24H29N3O3S2/c1-5-26-22-18(4)16(2)9-14-21(22)31-24(26)25-23(28)19-10-12-20(13-11-19)32(29,30)27-15-7-6-8-17(27)3/h9-14,17H,5-8,15H2,1-4H3. The molecule has 1 aromatic heterocycles. The van der Waals surface area contributed by atoms with Crippen molar-refractivity contribution in [3.8, 4) is 0 Å². The van der Waals surface area contributed by atoms with Crippen LogP contribution in [0.4, 0.5) is 0 Å². The summed E-state index contributed by atoms with van der Waals surface area (Å²) in [7, 11) is -3.56. The molecule has 0 radical (unpaired) electrons. The van der Waals surface area contributed by atoms with E-state index in [0.29, 0.717) is 23.5 Å². The molecule has 2 aromatic carbocycles. The lowest BCUT2D eigenvalue weighted by Crippen LogP contribution is -2.41. The number of aromatic nitrogens is 1. The third kappa shape index (κ3) is 4.07. The number of aryl methyl sites for hydroxylation is 3. The van der Waals surface area contributed by atoms with Crippen LogP contribution in [0.5, 0.6) is 0 Å². The molecule has 0 spiro atoms. The fourth-order valence-electron chi connectivity index (χ4n) is 4.30. The van der Waals surface area contributed by atoms with Crippen LogP contribution in [0.15, 0.2) is 46.3 Å². The zero-order valence-electron chi connectivity index (χ0n) is 19.0. The van der Waals surface area contributed by atoms with Gasteiger partial charge in [0, 0.05) is 24.7 Å². The van der Waals surface area contributed by atoms with Gasteiger partial charge < -0.3 is 4.57 Å². The number of fused-ring (bicyclic) bond motifs is 1. The van der Waals surface area contributed by atoms with E-state index >= 15 is 0 Å². The zero-order chi connectivity index (χ0) is 23.0. The number of hydrogen-bond acceptors (Lipinski definition) is 4. The summed E-state index contributed by atoms with van der Waals surface area (Å²) in [6.45, 7) is 9.41. The van der Waals surface area contributed by atoms with Gasteiger partial charge in [0.1, 0.15) is 0 Å². The van der Waals surface area contributed by atoms with Crippen molar-refractivity contribution in [2.75, 3.05) is 6.54 Å². The van der Waals surface area contributed by atoms with Gasteiger partial charge in [-0.1, -0.05) is 23.8 Å². The summed E-state index contributed by atoms with van der Waals surface area (Å²) in [5.74, 6) is -0.372. The number of nitrogens with zero attached hydrogens (tertiary/aromatic N) is 3. The van der Waals surface area contributed by atoms with E-state index in [2.05, 4.69) is 35.5 Å². The predicted octanol–water partition coefficient (Wildman–Crippen LogP) is 4.64. The van der Waals surface area contributed by atoms with Crippen molar-refractivity contribution < 1.29 is 13.2 Å². The van der Waals surface area contributed by atoms with Gasteiger partial charge in [-0.2, -0.15) is 9.30 Å². The first-order chi connectivity index (χ1) is 15.2. The highest BCUT2D eigenvalue weighted by atomic mass is 32.2. The van der Waals surface area contributed by atoms with Crippen molar-refractivity contribution >= 4 is 37.5 Å².